The highest BCUT2D eigenvalue weighted by Crippen LogP contribution is 2.24. The van der Waals surface area contributed by atoms with Crippen LogP contribution in [0.5, 0.6) is 0 Å². The minimum absolute atomic E-state index is 0.183. The van der Waals surface area contributed by atoms with E-state index < -0.39 is 34.6 Å². The van der Waals surface area contributed by atoms with Crippen LogP contribution in [0.2, 0.25) is 0 Å². The summed E-state index contributed by atoms with van der Waals surface area (Å²) in [7, 11) is 0. The summed E-state index contributed by atoms with van der Waals surface area (Å²) in [6, 6.07) is 7.98. The van der Waals surface area contributed by atoms with Crippen molar-refractivity contribution in [2.45, 2.75) is 12.5 Å². The summed E-state index contributed by atoms with van der Waals surface area (Å²) in [4.78, 5) is 22.3. The molecule has 2 N–H and O–H groups in total. The molecule has 2 rings (SSSR count). The summed E-state index contributed by atoms with van der Waals surface area (Å²) in [5, 5.41) is 23.6. The molecular formula is C16H14F2N2O4. The number of nitro groups is 1. The normalized spacial score (nSPS) is 13.2. The molecular weight excluding hydrogens is 322 g/mol. The monoisotopic (exact) mass is 336 g/mol. The van der Waals surface area contributed by atoms with Crippen molar-refractivity contribution in [3.8, 4) is 0 Å². The highest BCUT2D eigenvalue weighted by molar-refractivity contribution is 5.98. The molecule has 6 nitrogen and oxygen atoms in total. The Morgan fingerprint density at radius 3 is 2.58 bits per heavy atom. The van der Waals surface area contributed by atoms with Crippen molar-refractivity contribution in [1.82, 2.24) is 5.32 Å². The number of nitrogens with one attached hydrogen (secondary N) is 1. The van der Waals surface area contributed by atoms with Crippen LogP contribution < -0.4 is 5.32 Å². The molecule has 0 aliphatic heterocycles. The highest BCUT2D eigenvalue weighted by atomic mass is 19.1. The van der Waals surface area contributed by atoms with Crippen LogP contribution >= 0.6 is 0 Å². The summed E-state index contributed by atoms with van der Waals surface area (Å²) in [6.07, 6.45) is 0. The molecule has 0 bridgehead atoms. The van der Waals surface area contributed by atoms with Crippen LogP contribution in [0.3, 0.4) is 0 Å². The lowest BCUT2D eigenvalue weighted by Gasteiger charge is -2.24. The molecule has 0 spiro atoms. The third-order valence-corrected chi connectivity index (χ3v) is 3.45. The number of aliphatic hydroxyl groups is 1. The van der Waals surface area contributed by atoms with E-state index in [1.54, 1.807) is 0 Å². The summed E-state index contributed by atoms with van der Waals surface area (Å²) >= 11 is 0. The molecule has 24 heavy (non-hydrogen) atoms. The smallest absolute Gasteiger partial charge is 0.282 e. The van der Waals surface area contributed by atoms with Gasteiger partial charge in [0, 0.05) is 17.7 Å². The van der Waals surface area contributed by atoms with Crippen LogP contribution in [0, 0.1) is 21.7 Å². The summed E-state index contributed by atoms with van der Waals surface area (Å²) < 4.78 is 26.7. The number of nitro benzene ring substituents is 1. The lowest BCUT2D eigenvalue weighted by atomic mass is 9.95. The van der Waals surface area contributed by atoms with Gasteiger partial charge in [0.05, 0.1) is 11.5 Å². The van der Waals surface area contributed by atoms with Crippen molar-refractivity contribution in [3.63, 3.8) is 0 Å². The van der Waals surface area contributed by atoms with Crippen LogP contribution in [-0.2, 0) is 5.60 Å². The molecule has 0 saturated carbocycles. The van der Waals surface area contributed by atoms with Crippen molar-refractivity contribution in [2.24, 2.45) is 0 Å². The maximum Gasteiger partial charge on any atom is 0.282 e. The molecule has 0 saturated heterocycles. The van der Waals surface area contributed by atoms with E-state index in [0.29, 0.717) is 6.07 Å². The van der Waals surface area contributed by atoms with Gasteiger partial charge in [0.2, 0.25) is 0 Å². The lowest BCUT2D eigenvalue weighted by molar-refractivity contribution is -0.385. The Morgan fingerprint density at radius 1 is 1.29 bits per heavy atom. The number of para-hydroxylation sites is 1. The SMILES string of the molecule is CC(O)(CNC(=O)c1ccccc1[N+](=O)[O-])c1ccc(F)cc1F. The highest BCUT2D eigenvalue weighted by Gasteiger charge is 2.28. The first-order chi connectivity index (χ1) is 11.2. The minimum Gasteiger partial charge on any atom is -0.383 e. The quantitative estimate of drug-likeness (QED) is 0.648. The molecule has 126 valence electrons. The van der Waals surface area contributed by atoms with Crippen LogP contribution in [-0.4, -0.2) is 22.5 Å². The topological polar surface area (TPSA) is 92.5 Å². The van der Waals surface area contributed by atoms with E-state index in [1.807, 2.05) is 0 Å². The predicted octanol–water partition coefficient (Wildman–Crippen LogP) is 2.51. The number of carbonyl (C=O) groups excluding carboxylic acids is 1. The largest absolute Gasteiger partial charge is 0.383 e. The van der Waals surface area contributed by atoms with E-state index >= 15 is 0 Å². The van der Waals surface area contributed by atoms with E-state index in [-0.39, 0.29) is 16.8 Å². The Labute approximate surface area is 135 Å². The number of amides is 1. The van der Waals surface area contributed by atoms with Gasteiger partial charge >= 0.3 is 0 Å². The number of halogens is 2. The molecule has 1 unspecified atom stereocenters. The molecule has 0 aliphatic carbocycles. The number of hydrogen-bond donors (Lipinski definition) is 2. The zero-order chi connectivity index (χ0) is 17.9. The van der Waals surface area contributed by atoms with E-state index in [2.05, 4.69) is 5.32 Å². The van der Waals surface area contributed by atoms with Crippen molar-refractivity contribution < 1.29 is 23.6 Å². The first-order valence-electron chi connectivity index (χ1n) is 6.92. The van der Waals surface area contributed by atoms with Gasteiger partial charge in [-0.05, 0) is 19.1 Å². The molecule has 1 amide bonds. The van der Waals surface area contributed by atoms with E-state index in [1.165, 1.54) is 31.2 Å². The third kappa shape index (κ3) is 3.72. The van der Waals surface area contributed by atoms with Crippen LogP contribution in [0.4, 0.5) is 14.5 Å². The third-order valence-electron chi connectivity index (χ3n) is 3.45. The average molecular weight is 336 g/mol. The second-order valence-corrected chi connectivity index (χ2v) is 5.35. The zero-order valence-corrected chi connectivity index (χ0v) is 12.6. The Balaban J connectivity index is 2.17. The Morgan fingerprint density at radius 2 is 1.96 bits per heavy atom. The van der Waals surface area contributed by atoms with Gasteiger partial charge in [-0.25, -0.2) is 8.78 Å². The lowest BCUT2D eigenvalue weighted by Crippen LogP contribution is -2.39. The standard InChI is InChI=1S/C16H14F2N2O4/c1-16(22,12-7-6-10(17)8-13(12)18)9-19-15(21)11-4-2-3-5-14(11)20(23)24/h2-8,22H,9H2,1H3,(H,19,21). The molecule has 0 heterocycles. The fourth-order valence-corrected chi connectivity index (χ4v) is 2.19. The average Bonchev–Trinajstić information content (AvgIpc) is 2.52. The van der Waals surface area contributed by atoms with Gasteiger partial charge in [0.1, 0.15) is 22.8 Å². The Hall–Kier alpha value is -2.87. The van der Waals surface area contributed by atoms with Gasteiger partial charge in [0.15, 0.2) is 0 Å². The van der Waals surface area contributed by atoms with Crippen molar-refractivity contribution in [3.05, 3.63) is 75.3 Å². The number of benzene rings is 2. The molecule has 1 atom stereocenters. The van der Waals surface area contributed by atoms with Gasteiger partial charge in [0.25, 0.3) is 11.6 Å². The van der Waals surface area contributed by atoms with Gasteiger partial charge in [-0.1, -0.05) is 18.2 Å². The molecule has 2 aromatic carbocycles. The van der Waals surface area contributed by atoms with Crippen molar-refractivity contribution in [1.29, 1.82) is 0 Å². The first-order valence-corrected chi connectivity index (χ1v) is 6.92. The summed E-state index contributed by atoms with van der Waals surface area (Å²) in [5.41, 5.74) is -2.59. The Kier molecular flexibility index (Phi) is 4.89. The van der Waals surface area contributed by atoms with Gasteiger partial charge in [-0.2, -0.15) is 0 Å². The molecule has 0 aliphatic rings. The summed E-state index contributed by atoms with van der Waals surface area (Å²) in [6.45, 7) is 0.823. The van der Waals surface area contributed by atoms with E-state index in [9.17, 15) is 28.8 Å². The van der Waals surface area contributed by atoms with Crippen LogP contribution in [0.1, 0.15) is 22.8 Å². The number of nitrogens with zero attached hydrogens (tertiary/aromatic N) is 1. The predicted molar refractivity (Wildman–Crippen MR) is 81.4 cm³/mol. The zero-order valence-electron chi connectivity index (χ0n) is 12.6. The van der Waals surface area contributed by atoms with Gasteiger partial charge in [-0.15, -0.1) is 0 Å². The first kappa shape index (κ1) is 17.5. The van der Waals surface area contributed by atoms with Gasteiger partial charge in [-0.3, -0.25) is 14.9 Å². The number of carbonyl (C=O) groups is 1. The fourth-order valence-electron chi connectivity index (χ4n) is 2.19. The maximum absolute atomic E-state index is 13.8. The Bertz CT molecular complexity index is 793. The van der Waals surface area contributed by atoms with Crippen molar-refractivity contribution >= 4 is 11.6 Å². The second-order valence-electron chi connectivity index (χ2n) is 5.35. The van der Waals surface area contributed by atoms with E-state index in [0.717, 1.165) is 12.1 Å². The minimum atomic E-state index is -1.82. The van der Waals surface area contributed by atoms with Crippen LogP contribution in [0.25, 0.3) is 0 Å². The summed E-state index contributed by atoms with van der Waals surface area (Å²) in [5.74, 6) is -2.54. The number of hydrogen-bond acceptors (Lipinski definition) is 4. The molecule has 0 fully saturated rings. The molecule has 2 aromatic rings. The van der Waals surface area contributed by atoms with Gasteiger partial charge < -0.3 is 10.4 Å². The number of rotatable bonds is 5. The fraction of sp³-hybridized carbons (Fsp3) is 0.188. The maximum atomic E-state index is 13.8. The second kappa shape index (κ2) is 6.71. The molecule has 0 radical (unpaired) electrons. The van der Waals surface area contributed by atoms with Crippen molar-refractivity contribution in [2.75, 3.05) is 6.54 Å². The molecule has 0 aromatic heterocycles. The van der Waals surface area contributed by atoms with E-state index in [4.69, 9.17) is 0 Å². The molecule has 8 heteroatoms. The van der Waals surface area contributed by atoms with Crippen LogP contribution in [0.15, 0.2) is 42.5 Å².